The van der Waals surface area contributed by atoms with E-state index in [9.17, 15) is 4.39 Å². The standard InChI is InChI=1S/C10H14ClFN2/c1-7(5-13)14-6-8-2-3-10(12)9(11)4-8/h2-4,7,14H,5-6,13H2,1H3/t7-/m1/s1. The van der Waals surface area contributed by atoms with Gasteiger partial charge in [-0.25, -0.2) is 4.39 Å². The number of halogens is 2. The molecule has 1 atom stereocenters. The predicted molar refractivity (Wildman–Crippen MR) is 56.8 cm³/mol. The normalized spacial score (nSPS) is 12.9. The molecule has 0 saturated heterocycles. The summed E-state index contributed by atoms with van der Waals surface area (Å²) in [6, 6.07) is 4.94. The van der Waals surface area contributed by atoms with E-state index in [1.165, 1.54) is 6.07 Å². The van der Waals surface area contributed by atoms with Gasteiger partial charge in [0, 0.05) is 19.1 Å². The number of nitrogens with two attached hydrogens (primary N) is 1. The average molecular weight is 217 g/mol. The number of hydrogen-bond acceptors (Lipinski definition) is 2. The fourth-order valence-corrected chi connectivity index (χ4v) is 1.23. The van der Waals surface area contributed by atoms with Crippen LogP contribution in [0.1, 0.15) is 12.5 Å². The molecule has 0 radical (unpaired) electrons. The van der Waals surface area contributed by atoms with Gasteiger partial charge in [0.05, 0.1) is 5.02 Å². The maximum Gasteiger partial charge on any atom is 0.141 e. The van der Waals surface area contributed by atoms with E-state index in [1.54, 1.807) is 12.1 Å². The third kappa shape index (κ3) is 3.25. The van der Waals surface area contributed by atoms with E-state index in [-0.39, 0.29) is 16.9 Å². The van der Waals surface area contributed by atoms with E-state index in [0.717, 1.165) is 5.56 Å². The van der Waals surface area contributed by atoms with Crippen LogP contribution in [0, 0.1) is 5.82 Å². The van der Waals surface area contributed by atoms with Crippen molar-refractivity contribution in [2.75, 3.05) is 6.54 Å². The van der Waals surface area contributed by atoms with Crippen molar-refractivity contribution in [3.63, 3.8) is 0 Å². The summed E-state index contributed by atoms with van der Waals surface area (Å²) < 4.78 is 12.8. The Hall–Kier alpha value is -0.640. The molecule has 0 aliphatic heterocycles. The van der Waals surface area contributed by atoms with Crippen LogP contribution in [0.25, 0.3) is 0 Å². The van der Waals surface area contributed by atoms with Gasteiger partial charge in [-0.3, -0.25) is 0 Å². The van der Waals surface area contributed by atoms with Crippen molar-refractivity contribution in [3.05, 3.63) is 34.6 Å². The summed E-state index contributed by atoms with van der Waals surface area (Å²) >= 11 is 5.64. The Bertz CT molecular complexity index is 304. The molecule has 0 bridgehead atoms. The third-order valence-corrected chi connectivity index (χ3v) is 2.28. The van der Waals surface area contributed by atoms with Gasteiger partial charge in [0.25, 0.3) is 0 Å². The van der Waals surface area contributed by atoms with Crippen LogP contribution >= 0.6 is 11.6 Å². The SMILES string of the molecule is C[C@H](CN)NCc1ccc(F)c(Cl)c1. The van der Waals surface area contributed by atoms with Gasteiger partial charge in [-0.2, -0.15) is 0 Å². The van der Waals surface area contributed by atoms with Crippen LogP contribution in [-0.4, -0.2) is 12.6 Å². The smallest absolute Gasteiger partial charge is 0.141 e. The van der Waals surface area contributed by atoms with Crippen molar-refractivity contribution < 1.29 is 4.39 Å². The lowest BCUT2D eigenvalue weighted by Gasteiger charge is -2.11. The predicted octanol–water partition coefficient (Wildman–Crippen LogP) is 1.92. The Morgan fingerprint density at radius 2 is 2.29 bits per heavy atom. The molecule has 0 aliphatic rings. The Labute approximate surface area is 88.2 Å². The van der Waals surface area contributed by atoms with E-state index in [1.807, 2.05) is 6.92 Å². The Balaban J connectivity index is 2.55. The topological polar surface area (TPSA) is 38.0 Å². The minimum Gasteiger partial charge on any atom is -0.329 e. The minimum atomic E-state index is -0.387. The van der Waals surface area contributed by atoms with Gasteiger partial charge in [-0.15, -0.1) is 0 Å². The molecular weight excluding hydrogens is 203 g/mol. The molecule has 0 spiro atoms. The van der Waals surface area contributed by atoms with E-state index in [0.29, 0.717) is 13.1 Å². The summed E-state index contributed by atoms with van der Waals surface area (Å²) in [5.74, 6) is -0.387. The average Bonchev–Trinajstić information content (AvgIpc) is 2.19. The third-order valence-electron chi connectivity index (χ3n) is 1.99. The van der Waals surface area contributed by atoms with Crippen LogP contribution in [-0.2, 0) is 6.54 Å². The molecule has 0 heterocycles. The molecule has 0 amide bonds. The highest BCUT2D eigenvalue weighted by Gasteiger charge is 2.02. The summed E-state index contributed by atoms with van der Waals surface area (Å²) in [6.45, 7) is 3.22. The maximum atomic E-state index is 12.8. The van der Waals surface area contributed by atoms with Crippen LogP contribution in [0.5, 0.6) is 0 Å². The Kier molecular flexibility index (Phi) is 4.32. The first-order chi connectivity index (χ1) is 6.63. The van der Waals surface area contributed by atoms with Crippen molar-refractivity contribution in [2.45, 2.75) is 19.5 Å². The molecule has 2 nitrogen and oxygen atoms in total. The highest BCUT2D eigenvalue weighted by molar-refractivity contribution is 6.30. The van der Waals surface area contributed by atoms with Gasteiger partial charge < -0.3 is 11.1 Å². The molecule has 14 heavy (non-hydrogen) atoms. The number of hydrogen-bond donors (Lipinski definition) is 2. The summed E-state index contributed by atoms with van der Waals surface area (Å²) in [7, 11) is 0. The lowest BCUT2D eigenvalue weighted by Crippen LogP contribution is -2.32. The molecule has 78 valence electrons. The van der Waals surface area contributed by atoms with E-state index < -0.39 is 0 Å². The molecule has 3 N–H and O–H groups in total. The first-order valence-corrected chi connectivity index (χ1v) is 4.88. The molecule has 4 heteroatoms. The second-order valence-electron chi connectivity index (χ2n) is 3.27. The zero-order chi connectivity index (χ0) is 10.6. The highest BCUT2D eigenvalue weighted by Crippen LogP contribution is 2.15. The van der Waals surface area contributed by atoms with Crippen molar-refractivity contribution in [2.24, 2.45) is 5.73 Å². The highest BCUT2D eigenvalue weighted by atomic mass is 35.5. The first kappa shape index (κ1) is 11.4. The summed E-state index contributed by atoms with van der Waals surface area (Å²) in [4.78, 5) is 0. The van der Waals surface area contributed by atoms with Crippen LogP contribution < -0.4 is 11.1 Å². The largest absolute Gasteiger partial charge is 0.329 e. The Morgan fingerprint density at radius 1 is 1.57 bits per heavy atom. The molecule has 0 saturated carbocycles. The van der Waals surface area contributed by atoms with Crippen LogP contribution in [0.3, 0.4) is 0 Å². The second kappa shape index (κ2) is 5.29. The number of benzene rings is 1. The fraction of sp³-hybridized carbons (Fsp3) is 0.400. The molecule has 0 aromatic heterocycles. The van der Waals surface area contributed by atoms with Gasteiger partial charge in [0.2, 0.25) is 0 Å². The van der Waals surface area contributed by atoms with Gasteiger partial charge in [-0.1, -0.05) is 17.7 Å². The van der Waals surface area contributed by atoms with Crippen LogP contribution in [0.4, 0.5) is 4.39 Å². The van der Waals surface area contributed by atoms with E-state index in [2.05, 4.69) is 5.32 Å². The van der Waals surface area contributed by atoms with Gasteiger partial charge >= 0.3 is 0 Å². The molecule has 1 aromatic rings. The van der Waals surface area contributed by atoms with Crippen LogP contribution in [0.15, 0.2) is 18.2 Å². The zero-order valence-electron chi connectivity index (χ0n) is 8.06. The van der Waals surface area contributed by atoms with Gasteiger partial charge in [0.15, 0.2) is 0 Å². The molecule has 0 unspecified atom stereocenters. The summed E-state index contributed by atoms with van der Waals surface area (Å²) in [5, 5.41) is 3.35. The van der Waals surface area contributed by atoms with Crippen molar-refractivity contribution in [1.82, 2.24) is 5.32 Å². The second-order valence-corrected chi connectivity index (χ2v) is 3.67. The quantitative estimate of drug-likeness (QED) is 0.807. The van der Waals surface area contributed by atoms with E-state index in [4.69, 9.17) is 17.3 Å². The molecule has 0 fully saturated rings. The monoisotopic (exact) mass is 216 g/mol. The number of nitrogens with one attached hydrogen (secondary N) is 1. The summed E-state index contributed by atoms with van der Waals surface area (Å²) in [5.41, 5.74) is 6.40. The molecular formula is C10H14ClFN2. The maximum absolute atomic E-state index is 12.8. The van der Waals surface area contributed by atoms with Crippen molar-refractivity contribution in [3.8, 4) is 0 Å². The molecule has 1 rings (SSSR count). The molecule has 1 aromatic carbocycles. The van der Waals surface area contributed by atoms with Gasteiger partial charge in [-0.05, 0) is 24.6 Å². The first-order valence-electron chi connectivity index (χ1n) is 4.51. The Morgan fingerprint density at radius 3 is 2.86 bits per heavy atom. The zero-order valence-corrected chi connectivity index (χ0v) is 8.81. The lowest BCUT2D eigenvalue weighted by atomic mass is 10.2. The van der Waals surface area contributed by atoms with E-state index >= 15 is 0 Å². The minimum absolute atomic E-state index is 0.157. The fourth-order valence-electron chi connectivity index (χ4n) is 1.03. The summed E-state index contributed by atoms with van der Waals surface area (Å²) in [6.07, 6.45) is 0. The lowest BCUT2D eigenvalue weighted by molar-refractivity contribution is 0.555. The van der Waals surface area contributed by atoms with Crippen molar-refractivity contribution >= 4 is 11.6 Å². The van der Waals surface area contributed by atoms with Crippen molar-refractivity contribution in [1.29, 1.82) is 0 Å². The van der Waals surface area contributed by atoms with Crippen LogP contribution in [0.2, 0.25) is 5.02 Å². The van der Waals surface area contributed by atoms with Gasteiger partial charge in [0.1, 0.15) is 5.82 Å². The number of rotatable bonds is 4. The molecule has 0 aliphatic carbocycles.